The predicted octanol–water partition coefficient (Wildman–Crippen LogP) is 2.94. The Labute approximate surface area is 115 Å². The van der Waals surface area contributed by atoms with Gasteiger partial charge in [0.05, 0.1) is 12.0 Å². The van der Waals surface area contributed by atoms with Crippen LogP contribution in [0.1, 0.15) is 31.4 Å². The minimum Gasteiger partial charge on any atom is -0.342 e. The van der Waals surface area contributed by atoms with Crippen LogP contribution < -0.4 is 0 Å². The normalized spacial score (nSPS) is 11.7. The smallest absolute Gasteiger partial charge is 0.222 e. The zero-order valence-electron chi connectivity index (χ0n) is 12.0. The molecule has 0 saturated carbocycles. The van der Waals surface area contributed by atoms with Crippen LogP contribution in [0.15, 0.2) is 24.3 Å². The van der Waals surface area contributed by atoms with E-state index in [1.165, 1.54) is 11.1 Å². The first-order chi connectivity index (χ1) is 9.08. The van der Waals surface area contributed by atoms with Gasteiger partial charge in [0.2, 0.25) is 5.91 Å². The third-order valence-electron chi connectivity index (χ3n) is 3.32. The van der Waals surface area contributed by atoms with Gasteiger partial charge < -0.3 is 4.90 Å². The second kappa shape index (κ2) is 7.58. The lowest BCUT2D eigenvalue weighted by Gasteiger charge is -2.22. The number of nitrogens with zero attached hydrogens (tertiary/aromatic N) is 2. The highest BCUT2D eigenvalue weighted by molar-refractivity contribution is 5.76. The van der Waals surface area contributed by atoms with E-state index in [0.29, 0.717) is 19.5 Å². The molecule has 102 valence electrons. The van der Waals surface area contributed by atoms with Crippen molar-refractivity contribution in [1.29, 1.82) is 5.26 Å². The second-order valence-corrected chi connectivity index (χ2v) is 4.89. The van der Waals surface area contributed by atoms with Gasteiger partial charge in [0.1, 0.15) is 0 Å². The van der Waals surface area contributed by atoms with Crippen molar-refractivity contribution < 1.29 is 4.79 Å². The molecule has 0 N–H and O–H groups in total. The van der Waals surface area contributed by atoms with Crippen molar-refractivity contribution in [2.45, 2.75) is 33.6 Å². The summed E-state index contributed by atoms with van der Waals surface area (Å²) in [6.45, 7) is 7.06. The summed E-state index contributed by atoms with van der Waals surface area (Å²) >= 11 is 0. The standard InChI is InChI=1S/C16H22N2O/c1-4-18(12-13(2)11-17)16(19)10-9-15-8-6-5-7-14(15)3/h5-8,13H,4,9-10,12H2,1-3H3. The zero-order valence-corrected chi connectivity index (χ0v) is 12.0. The maximum absolute atomic E-state index is 12.1. The number of amides is 1. The molecule has 3 nitrogen and oxygen atoms in total. The molecule has 1 atom stereocenters. The predicted molar refractivity (Wildman–Crippen MR) is 76.5 cm³/mol. The molecule has 0 saturated heterocycles. The summed E-state index contributed by atoms with van der Waals surface area (Å²) in [4.78, 5) is 13.9. The highest BCUT2D eigenvalue weighted by atomic mass is 16.2. The molecule has 0 bridgehead atoms. The number of nitriles is 1. The van der Waals surface area contributed by atoms with Crippen LogP contribution >= 0.6 is 0 Å². The quantitative estimate of drug-likeness (QED) is 0.787. The van der Waals surface area contributed by atoms with Crippen molar-refractivity contribution in [3.05, 3.63) is 35.4 Å². The molecule has 1 unspecified atom stereocenters. The Morgan fingerprint density at radius 3 is 2.68 bits per heavy atom. The molecule has 0 aliphatic rings. The number of hydrogen-bond acceptors (Lipinski definition) is 2. The number of carbonyl (C=O) groups is 1. The minimum absolute atomic E-state index is 0.109. The zero-order chi connectivity index (χ0) is 14.3. The highest BCUT2D eigenvalue weighted by Crippen LogP contribution is 2.11. The molecule has 19 heavy (non-hydrogen) atoms. The molecular formula is C16H22N2O. The third kappa shape index (κ3) is 4.75. The van der Waals surface area contributed by atoms with Gasteiger partial charge in [-0.05, 0) is 38.3 Å². The van der Waals surface area contributed by atoms with Crippen LogP contribution in [-0.2, 0) is 11.2 Å². The van der Waals surface area contributed by atoms with Gasteiger partial charge in [0.25, 0.3) is 0 Å². The molecular weight excluding hydrogens is 236 g/mol. The Hall–Kier alpha value is -1.82. The summed E-state index contributed by atoms with van der Waals surface area (Å²) in [6, 6.07) is 10.3. The lowest BCUT2D eigenvalue weighted by Crippen LogP contribution is -2.34. The monoisotopic (exact) mass is 258 g/mol. The van der Waals surface area contributed by atoms with E-state index in [-0.39, 0.29) is 11.8 Å². The van der Waals surface area contributed by atoms with Gasteiger partial charge in [-0.2, -0.15) is 5.26 Å². The third-order valence-corrected chi connectivity index (χ3v) is 3.32. The van der Waals surface area contributed by atoms with E-state index >= 15 is 0 Å². The fraction of sp³-hybridized carbons (Fsp3) is 0.500. The topological polar surface area (TPSA) is 44.1 Å². The molecule has 0 radical (unpaired) electrons. The first-order valence-corrected chi connectivity index (χ1v) is 6.80. The van der Waals surface area contributed by atoms with Crippen LogP contribution in [0, 0.1) is 24.2 Å². The van der Waals surface area contributed by atoms with Crippen LogP contribution in [0.4, 0.5) is 0 Å². The Bertz CT molecular complexity index is 462. The van der Waals surface area contributed by atoms with Crippen molar-refractivity contribution in [2.75, 3.05) is 13.1 Å². The lowest BCUT2D eigenvalue weighted by atomic mass is 10.0. The minimum atomic E-state index is -0.109. The summed E-state index contributed by atoms with van der Waals surface area (Å²) in [6.07, 6.45) is 1.28. The average Bonchev–Trinajstić information content (AvgIpc) is 2.43. The fourth-order valence-corrected chi connectivity index (χ4v) is 2.07. The van der Waals surface area contributed by atoms with Crippen molar-refractivity contribution in [3.63, 3.8) is 0 Å². The summed E-state index contributed by atoms with van der Waals surface area (Å²) in [5.74, 6) is 0.0233. The molecule has 1 amide bonds. The lowest BCUT2D eigenvalue weighted by molar-refractivity contribution is -0.131. The number of aryl methyl sites for hydroxylation is 2. The van der Waals surface area contributed by atoms with Crippen LogP contribution in [0.2, 0.25) is 0 Å². The molecule has 0 spiro atoms. The summed E-state index contributed by atoms with van der Waals surface area (Å²) in [7, 11) is 0. The molecule has 0 heterocycles. The number of hydrogen-bond donors (Lipinski definition) is 0. The summed E-state index contributed by atoms with van der Waals surface area (Å²) < 4.78 is 0. The van der Waals surface area contributed by atoms with Crippen LogP contribution in [0.3, 0.4) is 0 Å². The van der Waals surface area contributed by atoms with Crippen molar-refractivity contribution in [1.82, 2.24) is 4.90 Å². The van der Waals surface area contributed by atoms with E-state index in [0.717, 1.165) is 6.42 Å². The summed E-state index contributed by atoms with van der Waals surface area (Å²) in [5, 5.41) is 8.82. The van der Waals surface area contributed by atoms with Gasteiger partial charge in [-0.25, -0.2) is 0 Å². The average molecular weight is 258 g/mol. The SMILES string of the molecule is CCN(CC(C)C#N)C(=O)CCc1ccccc1C. The maximum atomic E-state index is 12.1. The Balaban J connectivity index is 2.54. The van der Waals surface area contributed by atoms with E-state index < -0.39 is 0 Å². The maximum Gasteiger partial charge on any atom is 0.222 e. The Kier molecular flexibility index (Phi) is 6.08. The Morgan fingerprint density at radius 2 is 2.11 bits per heavy atom. The van der Waals surface area contributed by atoms with Gasteiger partial charge in [0, 0.05) is 19.5 Å². The largest absolute Gasteiger partial charge is 0.342 e. The summed E-state index contributed by atoms with van der Waals surface area (Å²) in [5.41, 5.74) is 2.45. The van der Waals surface area contributed by atoms with Gasteiger partial charge in [-0.15, -0.1) is 0 Å². The number of benzene rings is 1. The highest BCUT2D eigenvalue weighted by Gasteiger charge is 2.14. The van der Waals surface area contributed by atoms with E-state index in [2.05, 4.69) is 25.1 Å². The molecule has 0 aliphatic heterocycles. The second-order valence-electron chi connectivity index (χ2n) is 4.89. The molecule has 3 heteroatoms. The van der Waals surface area contributed by atoms with Crippen molar-refractivity contribution in [3.8, 4) is 6.07 Å². The van der Waals surface area contributed by atoms with Gasteiger partial charge in [-0.3, -0.25) is 4.79 Å². The van der Waals surface area contributed by atoms with Crippen molar-refractivity contribution in [2.24, 2.45) is 5.92 Å². The van der Waals surface area contributed by atoms with Gasteiger partial charge >= 0.3 is 0 Å². The van der Waals surface area contributed by atoms with Crippen molar-refractivity contribution >= 4 is 5.91 Å². The molecule has 1 rings (SSSR count). The number of rotatable bonds is 6. The van der Waals surface area contributed by atoms with Crippen LogP contribution in [0.5, 0.6) is 0 Å². The van der Waals surface area contributed by atoms with Gasteiger partial charge in [0.15, 0.2) is 0 Å². The first kappa shape index (κ1) is 15.2. The van der Waals surface area contributed by atoms with E-state index in [1.54, 1.807) is 4.90 Å². The van der Waals surface area contributed by atoms with E-state index in [9.17, 15) is 4.79 Å². The number of carbonyl (C=O) groups excluding carboxylic acids is 1. The first-order valence-electron chi connectivity index (χ1n) is 6.80. The van der Waals surface area contributed by atoms with E-state index in [4.69, 9.17) is 5.26 Å². The Morgan fingerprint density at radius 1 is 1.42 bits per heavy atom. The molecule has 1 aromatic carbocycles. The van der Waals surface area contributed by atoms with Gasteiger partial charge in [-0.1, -0.05) is 24.3 Å². The molecule has 0 fully saturated rings. The molecule has 0 aromatic heterocycles. The fourth-order valence-electron chi connectivity index (χ4n) is 2.07. The molecule has 0 aliphatic carbocycles. The van der Waals surface area contributed by atoms with E-state index in [1.807, 2.05) is 26.0 Å². The van der Waals surface area contributed by atoms with Crippen LogP contribution in [-0.4, -0.2) is 23.9 Å². The molecule has 1 aromatic rings. The van der Waals surface area contributed by atoms with Crippen LogP contribution in [0.25, 0.3) is 0 Å².